The lowest BCUT2D eigenvalue weighted by molar-refractivity contribution is 0.857. The fourth-order valence-electron chi connectivity index (χ4n) is 8.23. The van der Waals surface area contributed by atoms with Gasteiger partial charge in [-0.05, 0) is 68.1 Å². The summed E-state index contributed by atoms with van der Waals surface area (Å²) < 4.78 is 2.58. The van der Waals surface area contributed by atoms with E-state index >= 15 is 0 Å². The quantitative estimate of drug-likeness (QED) is 0.180. The van der Waals surface area contributed by atoms with E-state index in [1.165, 1.54) is 69.3 Å². The van der Waals surface area contributed by atoms with Gasteiger partial charge < -0.3 is 5.32 Å². The molecule has 1 unspecified atom stereocenters. The number of hydrogen-bond acceptors (Lipinski definition) is 4. The van der Waals surface area contributed by atoms with Crippen LogP contribution in [0.2, 0.25) is 0 Å². The van der Waals surface area contributed by atoms with Gasteiger partial charge in [-0.3, -0.25) is 0 Å². The normalized spacial score (nSPS) is 14.7. The number of nitrogens with one attached hydrogen (secondary N) is 1. The second kappa shape index (κ2) is 12.9. The van der Waals surface area contributed by atoms with Gasteiger partial charge in [0.05, 0.1) is 23.1 Å². The van der Waals surface area contributed by atoms with E-state index < -0.39 is 0 Å². The van der Waals surface area contributed by atoms with Crippen molar-refractivity contribution in [1.29, 1.82) is 0 Å². The lowest BCUT2D eigenvalue weighted by Gasteiger charge is -2.25. The first-order valence-corrected chi connectivity index (χ1v) is 19.5. The summed E-state index contributed by atoms with van der Waals surface area (Å²) in [6, 6.07) is 58.6. The topological polar surface area (TPSA) is 37.8 Å². The molecule has 2 aliphatic rings. The zero-order chi connectivity index (χ0) is 36.3. The molecule has 3 heterocycles. The van der Waals surface area contributed by atoms with Crippen LogP contribution in [0.25, 0.3) is 87.9 Å². The van der Waals surface area contributed by atoms with Gasteiger partial charge >= 0.3 is 0 Å². The minimum atomic E-state index is 0.143. The molecule has 0 fully saturated rings. The van der Waals surface area contributed by atoms with Crippen LogP contribution in [0, 0.1) is 0 Å². The smallest absolute Gasteiger partial charge is 0.160 e. The van der Waals surface area contributed by atoms with Gasteiger partial charge in [-0.1, -0.05) is 164 Å². The predicted octanol–water partition coefficient (Wildman–Crippen LogP) is 11.1. The highest BCUT2D eigenvalue weighted by Gasteiger charge is 2.23. The monoisotopic (exact) mass is 719 g/mol. The Hall–Kier alpha value is -6.88. The summed E-state index contributed by atoms with van der Waals surface area (Å²) in [6.07, 6.45) is 8.78. The number of rotatable bonds is 5. The second-order valence-electron chi connectivity index (χ2n) is 14.2. The maximum atomic E-state index is 5.22. The van der Waals surface area contributed by atoms with E-state index in [4.69, 9.17) is 9.97 Å². The van der Waals surface area contributed by atoms with Crippen molar-refractivity contribution in [3.05, 3.63) is 203 Å². The number of fused-ring (bicyclic) bond motifs is 7. The van der Waals surface area contributed by atoms with Crippen molar-refractivity contribution >= 4 is 54.2 Å². The van der Waals surface area contributed by atoms with E-state index in [0.29, 0.717) is 5.82 Å². The van der Waals surface area contributed by atoms with Crippen LogP contribution < -0.4 is 15.1 Å². The summed E-state index contributed by atoms with van der Waals surface area (Å²) in [5, 5.41) is 11.4. The Morgan fingerprint density at radius 3 is 1.95 bits per heavy atom. The molecule has 0 saturated heterocycles. The van der Waals surface area contributed by atoms with Gasteiger partial charge in [0.2, 0.25) is 0 Å². The maximum Gasteiger partial charge on any atom is 0.160 e. The second-order valence-corrected chi connectivity index (χ2v) is 15.2. The molecule has 11 rings (SSSR count). The van der Waals surface area contributed by atoms with Crippen molar-refractivity contribution in [2.75, 3.05) is 0 Å². The first-order chi connectivity index (χ1) is 27.2. The Balaban J connectivity index is 1.07. The summed E-state index contributed by atoms with van der Waals surface area (Å²) >= 11 is 1.87. The molecule has 3 nitrogen and oxygen atoms in total. The van der Waals surface area contributed by atoms with Crippen LogP contribution in [0.1, 0.15) is 5.56 Å². The van der Waals surface area contributed by atoms with E-state index in [1.807, 2.05) is 29.5 Å². The van der Waals surface area contributed by atoms with Gasteiger partial charge in [-0.2, -0.15) is 0 Å². The summed E-state index contributed by atoms with van der Waals surface area (Å²) in [6.45, 7) is 0. The van der Waals surface area contributed by atoms with Crippen molar-refractivity contribution in [2.24, 2.45) is 0 Å². The van der Waals surface area contributed by atoms with Crippen LogP contribution in [0.3, 0.4) is 0 Å². The van der Waals surface area contributed by atoms with Crippen LogP contribution >= 0.6 is 11.3 Å². The molecule has 258 valence electrons. The third-order valence-corrected chi connectivity index (χ3v) is 12.1. The zero-order valence-electron chi connectivity index (χ0n) is 29.8. The number of hydrogen-bond donors (Lipinski definition) is 1. The number of thiophene rings is 1. The third-order valence-electron chi connectivity index (χ3n) is 10.9. The van der Waals surface area contributed by atoms with Gasteiger partial charge in [-0.25, -0.2) is 9.97 Å². The average Bonchev–Trinajstić information content (AvgIpc) is 3.66. The van der Waals surface area contributed by atoms with Crippen LogP contribution in [-0.4, -0.2) is 16.0 Å². The van der Waals surface area contributed by atoms with Gasteiger partial charge in [0.1, 0.15) is 0 Å². The SMILES string of the molecule is C1=CC2=c3sc4ccc(-c5cc(-c6ccc(-c7cc8ccccc8c8ccccc78)cc6)nc(-c6ccccc6)n5)cc4c3=C(c3ccccc3)NC2C=C1. The fourth-order valence-corrected chi connectivity index (χ4v) is 9.48. The highest BCUT2D eigenvalue weighted by Crippen LogP contribution is 2.37. The molecular formula is C51H33N3S. The molecule has 0 radical (unpaired) electrons. The predicted molar refractivity (Wildman–Crippen MR) is 231 cm³/mol. The highest BCUT2D eigenvalue weighted by atomic mass is 32.1. The molecule has 0 saturated carbocycles. The molecule has 1 aliphatic carbocycles. The molecule has 7 aromatic carbocycles. The van der Waals surface area contributed by atoms with Gasteiger partial charge in [0.25, 0.3) is 0 Å². The fraction of sp³-hybridized carbons (Fsp3) is 0.0196. The molecule has 1 aliphatic heterocycles. The molecule has 4 heteroatoms. The van der Waals surface area contributed by atoms with Crippen molar-refractivity contribution in [1.82, 2.24) is 15.3 Å². The summed E-state index contributed by atoms with van der Waals surface area (Å²) in [7, 11) is 0. The molecule has 1 N–H and O–H groups in total. The molecule has 55 heavy (non-hydrogen) atoms. The van der Waals surface area contributed by atoms with Crippen LogP contribution in [-0.2, 0) is 0 Å². The number of allylic oxidation sites excluding steroid dienone is 2. The number of aromatic nitrogens is 2. The molecule has 0 amide bonds. The molecule has 0 spiro atoms. The van der Waals surface area contributed by atoms with Gasteiger partial charge in [-0.15, -0.1) is 11.3 Å². The maximum absolute atomic E-state index is 5.22. The van der Waals surface area contributed by atoms with E-state index in [0.717, 1.165) is 28.1 Å². The highest BCUT2D eigenvalue weighted by molar-refractivity contribution is 7.17. The van der Waals surface area contributed by atoms with E-state index in [-0.39, 0.29) is 6.04 Å². The van der Waals surface area contributed by atoms with Crippen LogP contribution in [0.4, 0.5) is 0 Å². The van der Waals surface area contributed by atoms with Gasteiger partial charge in [0, 0.05) is 36.5 Å². The minimum absolute atomic E-state index is 0.143. The largest absolute Gasteiger partial charge is 0.374 e. The van der Waals surface area contributed by atoms with Crippen molar-refractivity contribution in [3.8, 4) is 45.0 Å². The Morgan fingerprint density at radius 1 is 0.491 bits per heavy atom. The standard InChI is InChI=1S/C51H33N3S/c1-3-13-34(14-4-1)49-48-43-30-37(27-28-47(43)55-50(48)41-21-11-12-22-44(41)52-49)46-31-45(53-51(54-46)35-15-5-2-6-16-35)33-25-23-32(24-26-33)42-29-36-17-7-8-18-38(36)39-19-9-10-20-40(39)42/h1-31,44,52H. The van der Waals surface area contributed by atoms with Crippen molar-refractivity contribution in [2.45, 2.75) is 6.04 Å². The molecule has 0 bridgehead atoms. The zero-order valence-corrected chi connectivity index (χ0v) is 30.6. The Labute approximate surface area is 322 Å². The number of nitrogens with zero attached hydrogens (tertiary/aromatic N) is 2. The lowest BCUT2D eigenvalue weighted by Crippen LogP contribution is -2.43. The molecule has 9 aromatic rings. The van der Waals surface area contributed by atoms with E-state index in [9.17, 15) is 0 Å². The van der Waals surface area contributed by atoms with E-state index in [2.05, 4.69) is 175 Å². The summed E-state index contributed by atoms with van der Waals surface area (Å²) in [5.74, 6) is 0.709. The first kappa shape index (κ1) is 31.6. The number of benzene rings is 7. The summed E-state index contributed by atoms with van der Waals surface area (Å²) in [5.41, 5.74) is 11.0. The third kappa shape index (κ3) is 5.41. The van der Waals surface area contributed by atoms with Crippen molar-refractivity contribution in [3.63, 3.8) is 0 Å². The Bertz CT molecular complexity index is 3160. The van der Waals surface area contributed by atoms with Crippen molar-refractivity contribution < 1.29 is 0 Å². The summed E-state index contributed by atoms with van der Waals surface area (Å²) in [4.78, 5) is 10.4. The minimum Gasteiger partial charge on any atom is -0.374 e. The molecule has 2 aromatic heterocycles. The lowest BCUT2D eigenvalue weighted by atomic mass is 9.92. The van der Waals surface area contributed by atoms with E-state index in [1.54, 1.807) is 0 Å². The van der Waals surface area contributed by atoms with Crippen LogP contribution in [0.5, 0.6) is 0 Å². The van der Waals surface area contributed by atoms with Crippen LogP contribution in [0.15, 0.2) is 188 Å². The Kier molecular flexibility index (Phi) is 7.42. The Morgan fingerprint density at radius 2 is 1.15 bits per heavy atom. The average molecular weight is 720 g/mol. The first-order valence-electron chi connectivity index (χ1n) is 18.7. The molecular weight excluding hydrogens is 687 g/mol. The molecule has 1 atom stereocenters. The van der Waals surface area contributed by atoms with Gasteiger partial charge in [0.15, 0.2) is 5.82 Å².